The summed E-state index contributed by atoms with van der Waals surface area (Å²) in [5, 5.41) is 4.85. The van der Waals surface area contributed by atoms with E-state index in [4.69, 9.17) is 21.9 Å². The number of hydrogen-bond donors (Lipinski definition) is 5. The fraction of sp³-hybridized carbons (Fsp3) is 0.542. The van der Waals surface area contributed by atoms with Crippen LogP contribution in [-0.2, 0) is 39.9 Å². The van der Waals surface area contributed by atoms with Gasteiger partial charge in [-0.25, -0.2) is 0 Å². The van der Waals surface area contributed by atoms with Gasteiger partial charge in [-0.15, -0.1) is 0 Å². The number of nitrogens with one attached hydrogen (secondary N) is 2. The van der Waals surface area contributed by atoms with Gasteiger partial charge in [0.2, 0.25) is 29.5 Å². The van der Waals surface area contributed by atoms with E-state index in [1.807, 2.05) is 6.92 Å². The van der Waals surface area contributed by atoms with Gasteiger partial charge in [-0.1, -0.05) is 19.4 Å². The Morgan fingerprint density at radius 3 is 2.32 bits per heavy atom. The highest BCUT2D eigenvalue weighted by Gasteiger charge is 2.31. The van der Waals surface area contributed by atoms with E-state index in [1.54, 1.807) is 12.1 Å². The minimum absolute atomic E-state index is 0.00158. The van der Waals surface area contributed by atoms with Crippen LogP contribution in [0.25, 0.3) is 0 Å². The molecule has 14 heteroatoms. The first kappa shape index (κ1) is 32.0. The van der Waals surface area contributed by atoms with Crippen LogP contribution in [0, 0.1) is 0 Å². The number of pyridine rings is 1. The number of rotatable bonds is 17. The minimum Gasteiger partial charge on any atom is -0.466 e. The number of aromatic nitrogens is 1. The summed E-state index contributed by atoms with van der Waals surface area (Å²) in [7, 11) is 1.34. The molecule has 1 aromatic heterocycles. The third-order valence-electron chi connectivity index (χ3n) is 5.34. The predicted octanol–water partition coefficient (Wildman–Crippen LogP) is -2.14. The SMILES string of the molecule is CCCCOC(=O)CC[C@H](N)C(=O)N[C@@H](CC(N)=O)C(=O)N[C@@H](Cc1cccnc1)C(=O)N(C)CC(N)=O. The number of esters is 1. The van der Waals surface area contributed by atoms with E-state index in [1.165, 1.54) is 19.4 Å². The van der Waals surface area contributed by atoms with Crippen LogP contribution in [0.3, 0.4) is 0 Å². The maximum absolute atomic E-state index is 13.1. The highest BCUT2D eigenvalue weighted by atomic mass is 16.5. The Morgan fingerprint density at radius 1 is 1.05 bits per heavy atom. The molecule has 0 aromatic carbocycles. The lowest BCUT2D eigenvalue weighted by atomic mass is 10.0. The van der Waals surface area contributed by atoms with Crippen LogP contribution < -0.4 is 27.8 Å². The van der Waals surface area contributed by atoms with Crippen molar-refractivity contribution in [1.29, 1.82) is 0 Å². The maximum Gasteiger partial charge on any atom is 0.305 e. The smallest absolute Gasteiger partial charge is 0.305 e. The highest BCUT2D eigenvalue weighted by Crippen LogP contribution is 2.07. The van der Waals surface area contributed by atoms with Gasteiger partial charge in [-0.05, 0) is 24.5 Å². The molecule has 1 heterocycles. The first-order valence-corrected chi connectivity index (χ1v) is 12.2. The molecular weight excluding hydrogens is 498 g/mol. The lowest BCUT2D eigenvalue weighted by Gasteiger charge is -2.26. The van der Waals surface area contributed by atoms with E-state index in [0.29, 0.717) is 12.0 Å². The largest absolute Gasteiger partial charge is 0.466 e. The number of primary amides is 2. The summed E-state index contributed by atoms with van der Waals surface area (Å²) in [6.45, 7) is 1.82. The molecule has 0 bridgehead atoms. The lowest BCUT2D eigenvalue weighted by molar-refractivity contribution is -0.144. The number of nitrogens with zero attached hydrogens (tertiary/aromatic N) is 2. The summed E-state index contributed by atoms with van der Waals surface area (Å²) in [6, 6.07) is -0.486. The Balaban J connectivity index is 2.93. The molecule has 0 saturated carbocycles. The summed E-state index contributed by atoms with van der Waals surface area (Å²) in [5.41, 5.74) is 16.9. The number of nitrogens with two attached hydrogens (primary N) is 3. The molecule has 210 valence electrons. The van der Waals surface area contributed by atoms with Crippen molar-refractivity contribution in [3.8, 4) is 0 Å². The zero-order chi connectivity index (χ0) is 28.7. The molecule has 1 rings (SSSR count). The van der Waals surface area contributed by atoms with Gasteiger partial charge in [0.25, 0.3) is 0 Å². The van der Waals surface area contributed by atoms with E-state index in [9.17, 15) is 28.8 Å². The quantitative estimate of drug-likeness (QED) is 0.108. The number of amides is 5. The lowest BCUT2D eigenvalue weighted by Crippen LogP contribution is -2.57. The number of likely N-dealkylation sites (N-methyl/N-ethyl adjacent to an activating group) is 1. The number of carbonyl (C=O) groups is 6. The standard InChI is InChI=1S/C24H37N7O7/c1-3-4-10-38-21(34)8-7-16(25)22(35)29-17(12-19(26)32)23(36)30-18(11-15-6-5-9-28-13-15)24(37)31(2)14-20(27)33/h5-6,9,13,16-18H,3-4,7-8,10-12,14,25H2,1-2H3,(H2,26,32)(H2,27,33)(H,29,35)(H,30,36)/t16-,17-,18-/m0/s1. The third kappa shape index (κ3) is 12.3. The van der Waals surface area contributed by atoms with E-state index >= 15 is 0 Å². The average molecular weight is 536 g/mol. The predicted molar refractivity (Wildman–Crippen MR) is 136 cm³/mol. The van der Waals surface area contributed by atoms with Gasteiger partial charge in [0.05, 0.1) is 25.6 Å². The molecule has 8 N–H and O–H groups in total. The average Bonchev–Trinajstić information content (AvgIpc) is 2.85. The van der Waals surface area contributed by atoms with Crippen LogP contribution in [0.15, 0.2) is 24.5 Å². The topological polar surface area (TPSA) is 230 Å². The van der Waals surface area contributed by atoms with E-state index < -0.39 is 66.6 Å². The van der Waals surface area contributed by atoms with Gasteiger partial charge in [0.15, 0.2) is 0 Å². The molecule has 3 atom stereocenters. The van der Waals surface area contributed by atoms with Crippen molar-refractivity contribution in [1.82, 2.24) is 20.5 Å². The molecule has 0 unspecified atom stereocenters. The van der Waals surface area contributed by atoms with Crippen LogP contribution >= 0.6 is 0 Å². The fourth-order valence-electron chi connectivity index (χ4n) is 3.30. The van der Waals surface area contributed by atoms with Crippen molar-refractivity contribution < 1.29 is 33.5 Å². The fourth-order valence-corrected chi connectivity index (χ4v) is 3.30. The number of carbonyl (C=O) groups excluding carboxylic acids is 6. The van der Waals surface area contributed by atoms with Crippen LogP contribution in [0.5, 0.6) is 0 Å². The monoisotopic (exact) mass is 535 g/mol. The van der Waals surface area contributed by atoms with Gasteiger partial charge >= 0.3 is 5.97 Å². The van der Waals surface area contributed by atoms with Gasteiger partial charge in [-0.2, -0.15) is 0 Å². The zero-order valence-corrected chi connectivity index (χ0v) is 21.7. The number of hydrogen-bond acceptors (Lipinski definition) is 9. The molecule has 0 aliphatic carbocycles. The molecule has 14 nitrogen and oxygen atoms in total. The molecule has 0 aliphatic heterocycles. The molecule has 1 aromatic rings. The van der Waals surface area contributed by atoms with Crippen molar-refractivity contribution >= 4 is 35.5 Å². The molecule has 0 spiro atoms. The van der Waals surface area contributed by atoms with Crippen molar-refractivity contribution in [2.45, 2.75) is 63.6 Å². The van der Waals surface area contributed by atoms with Crippen LogP contribution in [-0.4, -0.2) is 83.7 Å². The van der Waals surface area contributed by atoms with Gasteiger partial charge in [0, 0.05) is 32.3 Å². The Bertz CT molecular complexity index is 974. The third-order valence-corrected chi connectivity index (χ3v) is 5.34. The van der Waals surface area contributed by atoms with Crippen LogP contribution in [0.1, 0.15) is 44.6 Å². The van der Waals surface area contributed by atoms with E-state index in [0.717, 1.165) is 11.3 Å². The first-order valence-electron chi connectivity index (χ1n) is 12.2. The second-order valence-corrected chi connectivity index (χ2v) is 8.74. The van der Waals surface area contributed by atoms with Crippen molar-refractivity contribution in [3.63, 3.8) is 0 Å². The molecule has 0 saturated heterocycles. The minimum atomic E-state index is -1.45. The molecule has 0 aliphatic rings. The molecule has 5 amide bonds. The van der Waals surface area contributed by atoms with E-state index in [-0.39, 0.29) is 25.9 Å². The van der Waals surface area contributed by atoms with Gasteiger partial charge in [0.1, 0.15) is 12.1 Å². The second-order valence-electron chi connectivity index (χ2n) is 8.74. The Labute approximate surface area is 221 Å². The number of unbranched alkanes of at least 4 members (excludes halogenated alkanes) is 1. The summed E-state index contributed by atoms with van der Waals surface area (Å²) in [6.07, 6.45) is 3.85. The molecule has 0 fully saturated rings. The maximum atomic E-state index is 13.1. The second kappa shape index (κ2) is 16.6. The van der Waals surface area contributed by atoms with Crippen molar-refractivity contribution in [3.05, 3.63) is 30.1 Å². The zero-order valence-electron chi connectivity index (χ0n) is 21.7. The van der Waals surface area contributed by atoms with E-state index in [2.05, 4.69) is 15.6 Å². The summed E-state index contributed by atoms with van der Waals surface area (Å²) < 4.78 is 5.02. The summed E-state index contributed by atoms with van der Waals surface area (Å²) in [5.74, 6) is -4.46. The Hall–Kier alpha value is -4.07. The van der Waals surface area contributed by atoms with Gasteiger partial charge in [-0.3, -0.25) is 33.8 Å². The normalized spacial score (nSPS) is 12.9. The Morgan fingerprint density at radius 2 is 1.74 bits per heavy atom. The van der Waals surface area contributed by atoms with Crippen LogP contribution in [0.4, 0.5) is 0 Å². The molecule has 0 radical (unpaired) electrons. The van der Waals surface area contributed by atoms with Crippen molar-refractivity contribution in [2.24, 2.45) is 17.2 Å². The number of ether oxygens (including phenoxy) is 1. The molecule has 38 heavy (non-hydrogen) atoms. The summed E-state index contributed by atoms with van der Waals surface area (Å²) >= 11 is 0. The van der Waals surface area contributed by atoms with Gasteiger partial charge < -0.3 is 37.5 Å². The van der Waals surface area contributed by atoms with Crippen molar-refractivity contribution in [2.75, 3.05) is 20.2 Å². The Kier molecular flexibility index (Phi) is 14.0. The highest BCUT2D eigenvalue weighted by molar-refractivity contribution is 5.96. The van der Waals surface area contributed by atoms with Crippen LogP contribution in [0.2, 0.25) is 0 Å². The summed E-state index contributed by atoms with van der Waals surface area (Å²) in [4.78, 5) is 78.3. The first-order chi connectivity index (χ1) is 17.9. The molecular formula is C24H37N7O7.